The third-order valence-corrected chi connectivity index (χ3v) is 2.01. The molecule has 0 rings (SSSR count). The summed E-state index contributed by atoms with van der Waals surface area (Å²) in [6.45, 7) is 3.47. The molecule has 0 aromatic heterocycles. The van der Waals surface area contributed by atoms with E-state index in [0.717, 1.165) is 0 Å². The molecule has 1 radical (unpaired) electrons. The SMILES string of the molecule is CCC(=O)[O-].CO[Si](C)OC.[Na+]. The van der Waals surface area contributed by atoms with Crippen LogP contribution in [-0.4, -0.2) is 29.5 Å². The Kier molecular flexibility index (Phi) is 21.7. The Bertz CT molecular complexity index is 97.5. The fourth-order valence-electron chi connectivity index (χ4n) is 0.0833. The second-order valence-electron chi connectivity index (χ2n) is 1.63. The van der Waals surface area contributed by atoms with Crippen LogP contribution in [0.25, 0.3) is 0 Å². The molecule has 0 fully saturated rings. The first-order chi connectivity index (χ1) is 5.08. The van der Waals surface area contributed by atoms with Crippen molar-refractivity contribution in [2.24, 2.45) is 0 Å². The van der Waals surface area contributed by atoms with Crippen LogP contribution in [0.1, 0.15) is 13.3 Å². The van der Waals surface area contributed by atoms with Crippen molar-refractivity contribution >= 4 is 15.3 Å². The quantitative estimate of drug-likeness (QED) is 0.446. The molecule has 0 bridgehead atoms. The molecule has 12 heavy (non-hydrogen) atoms. The number of hydrogen-bond donors (Lipinski definition) is 0. The van der Waals surface area contributed by atoms with Crippen LogP contribution in [-0.2, 0) is 13.6 Å². The molecule has 0 amide bonds. The van der Waals surface area contributed by atoms with Crippen LogP contribution >= 0.6 is 0 Å². The van der Waals surface area contributed by atoms with E-state index in [1.165, 1.54) is 6.92 Å². The topological polar surface area (TPSA) is 58.6 Å². The molecular weight excluding hydrogens is 187 g/mol. The van der Waals surface area contributed by atoms with E-state index in [2.05, 4.69) is 0 Å². The summed E-state index contributed by atoms with van der Waals surface area (Å²) in [7, 11) is 2.43. The van der Waals surface area contributed by atoms with Gasteiger partial charge in [-0.1, -0.05) is 6.92 Å². The minimum atomic E-state index is -0.995. The van der Waals surface area contributed by atoms with E-state index in [-0.39, 0.29) is 36.0 Å². The zero-order chi connectivity index (χ0) is 9.28. The maximum Gasteiger partial charge on any atom is 1.00 e. The number of carboxylic acid groups (broad SMARTS) is 1. The maximum atomic E-state index is 9.26. The zero-order valence-electron chi connectivity index (χ0n) is 8.34. The summed E-state index contributed by atoms with van der Waals surface area (Å²) in [5.41, 5.74) is 0. The van der Waals surface area contributed by atoms with Crippen molar-refractivity contribution in [2.45, 2.75) is 19.9 Å². The number of hydrogen-bond acceptors (Lipinski definition) is 4. The third kappa shape index (κ3) is 22.4. The van der Waals surface area contributed by atoms with Gasteiger partial charge in [-0.2, -0.15) is 0 Å². The summed E-state index contributed by atoms with van der Waals surface area (Å²) < 4.78 is 9.56. The molecule has 67 valence electrons. The fourth-order valence-corrected chi connectivity index (χ4v) is 0.250. The Morgan fingerprint density at radius 3 is 1.67 bits per heavy atom. The van der Waals surface area contributed by atoms with E-state index in [4.69, 9.17) is 8.85 Å². The van der Waals surface area contributed by atoms with E-state index in [9.17, 15) is 9.90 Å². The fraction of sp³-hybridized carbons (Fsp3) is 0.833. The summed E-state index contributed by atoms with van der Waals surface area (Å²) in [5, 5.41) is 9.26. The van der Waals surface area contributed by atoms with Crippen molar-refractivity contribution in [3.05, 3.63) is 0 Å². The number of rotatable bonds is 3. The molecule has 0 aliphatic rings. The molecule has 0 aliphatic carbocycles. The Hall–Kier alpha value is 0.607. The minimum absolute atomic E-state index is 0. The molecule has 0 aromatic carbocycles. The molecular formula is C6H14NaO4Si. The standard InChI is InChI=1S/C3H9O2Si.C3H6O2.Na/c1-4-6(3)5-2;1-2-3(4)5;/h1-3H3;2H2,1H3,(H,4,5);/q;;+1/p-1. The van der Waals surface area contributed by atoms with E-state index in [0.29, 0.717) is 0 Å². The second kappa shape index (κ2) is 14.1. The van der Waals surface area contributed by atoms with Crippen LogP contribution in [0.2, 0.25) is 6.55 Å². The van der Waals surface area contributed by atoms with Crippen molar-refractivity contribution in [1.82, 2.24) is 0 Å². The van der Waals surface area contributed by atoms with Gasteiger partial charge in [0.05, 0.1) is 0 Å². The van der Waals surface area contributed by atoms with Crippen LogP contribution in [0.15, 0.2) is 0 Å². The summed E-state index contributed by atoms with van der Waals surface area (Å²) in [4.78, 5) is 9.26. The summed E-state index contributed by atoms with van der Waals surface area (Å²) in [6, 6.07) is 0. The van der Waals surface area contributed by atoms with Gasteiger partial charge in [-0.3, -0.25) is 0 Å². The van der Waals surface area contributed by atoms with Gasteiger partial charge in [-0.05, 0) is 13.0 Å². The molecule has 0 saturated heterocycles. The molecule has 0 unspecified atom stereocenters. The van der Waals surface area contributed by atoms with Crippen LogP contribution in [0.3, 0.4) is 0 Å². The number of carbonyl (C=O) groups excluding carboxylic acids is 1. The van der Waals surface area contributed by atoms with Gasteiger partial charge >= 0.3 is 38.8 Å². The van der Waals surface area contributed by atoms with Crippen molar-refractivity contribution in [1.29, 1.82) is 0 Å². The summed E-state index contributed by atoms with van der Waals surface area (Å²) in [6.07, 6.45) is 0.111. The third-order valence-electron chi connectivity index (χ3n) is 0.864. The van der Waals surface area contributed by atoms with E-state index in [1.807, 2.05) is 6.55 Å². The predicted octanol–water partition coefficient (Wildman–Crippen LogP) is -3.45. The van der Waals surface area contributed by atoms with Crippen LogP contribution in [0.5, 0.6) is 0 Å². The first kappa shape index (κ1) is 18.4. The molecule has 0 aliphatic heterocycles. The normalized spacial score (nSPS) is 8.08. The van der Waals surface area contributed by atoms with Gasteiger partial charge in [0.2, 0.25) is 0 Å². The zero-order valence-corrected chi connectivity index (χ0v) is 11.3. The van der Waals surface area contributed by atoms with Gasteiger partial charge in [0.25, 0.3) is 0 Å². The first-order valence-electron chi connectivity index (χ1n) is 3.19. The van der Waals surface area contributed by atoms with E-state index in [1.54, 1.807) is 14.2 Å². The monoisotopic (exact) mass is 201 g/mol. The summed E-state index contributed by atoms with van der Waals surface area (Å²) in [5.74, 6) is -0.995. The van der Waals surface area contributed by atoms with Gasteiger partial charge in [0, 0.05) is 20.2 Å². The van der Waals surface area contributed by atoms with Crippen molar-refractivity contribution in [3.8, 4) is 0 Å². The number of aliphatic carboxylic acids is 1. The average Bonchev–Trinajstić information content (AvgIpc) is 2.04. The van der Waals surface area contributed by atoms with Crippen LogP contribution < -0.4 is 34.7 Å². The average molecular weight is 201 g/mol. The Balaban J connectivity index is -0.000000126. The molecule has 6 heteroatoms. The Morgan fingerprint density at radius 1 is 1.42 bits per heavy atom. The summed E-state index contributed by atoms with van der Waals surface area (Å²) >= 11 is 0. The molecule has 0 aromatic rings. The smallest absolute Gasteiger partial charge is 0.550 e. The maximum absolute atomic E-state index is 9.26. The number of carboxylic acids is 1. The van der Waals surface area contributed by atoms with Crippen molar-refractivity contribution < 1.29 is 48.3 Å². The minimum Gasteiger partial charge on any atom is -0.550 e. The molecule has 0 N–H and O–H groups in total. The first-order valence-corrected chi connectivity index (χ1v) is 5.01. The molecule has 0 atom stereocenters. The van der Waals surface area contributed by atoms with Crippen LogP contribution in [0, 0.1) is 0 Å². The molecule has 0 spiro atoms. The van der Waals surface area contributed by atoms with Gasteiger partial charge in [0.1, 0.15) is 0 Å². The van der Waals surface area contributed by atoms with Gasteiger partial charge < -0.3 is 18.8 Å². The molecule has 0 heterocycles. The van der Waals surface area contributed by atoms with Gasteiger partial charge in [0.15, 0.2) is 0 Å². The second-order valence-corrected chi connectivity index (χ2v) is 3.43. The largest absolute Gasteiger partial charge is 1.00 e. The van der Waals surface area contributed by atoms with Crippen molar-refractivity contribution in [2.75, 3.05) is 14.2 Å². The van der Waals surface area contributed by atoms with Gasteiger partial charge in [-0.25, -0.2) is 0 Å². The number of carbonyl (C=O) groups is 1. The van der Waals surface area contributed by atoms with Gasteiger partial charge in [-0.15, -0.1) is 0 Å². The molecule has 0 saturated carbocycles. The van der Waals surface area contributed by atoms with Crippen LogP contribution in [0.4, 0.5) is 0 Å². The predicted molar refractivity (Wildman–Crippen MR) is 40.9 cm³/mol. The molecule has 4 nitrogen and oxygen atoms in total. The van der Waals surface area contributed by atoms with E-state index < -0.39 is 15.3 Å². The Labute approximate surface area is 97.4 Å². The Morgan fingerprint density at radius 2 is 1.67 bits per heavy atom. The van der Waals surface area contributed by atoms with Crippen molar-refractivity contribution in [3.63, 3.8) is 0 Å². The van der Waals surface area contributed by atoms with E-state index >= 15 is 0 Å².